The van der Waals surface area contributed by atoms with Gasteiger partial charge < -0.3 is 15.4 Å². The molecular weight excluding hydrogens is 372 g/mol. The molecule has 5 nitrogen and oxygen atoms in total. The van der Waals surface area contributed by atoms with Crippen molar-refractivity contribution in [3.05, 3.63) is 35.9 Å². The van der Waals surface area contributed by atoms with Crippen LogP contribution in [0, 0.1) is 5.92 Å². The summed E-state index contributed by atoms with van der Waals surface area (Å²) in [5.41, 5.74) is 1.43. The van der Waals surface area contributed by atoms with Gasteiger partial charge in [-0.15, -0.1) is 12.4 Å². The summed E-state index contributed by atoms with van der Waals surface area (Å²) in [6.45, 7) is 10.9. The first-order valence-electron chi connectivity index (χ1n) is 10.9. The Morgan fingerprint density at radius 2 is 1.82 bits per heavy atom. The second kappa shape index (κ2) is 11.5. The molecule has 1 aromatic carbocycles. The Labute approximate surface area is 176 Å². The van der Waals surface area contributed by atoms with E-state index in [4.69, 9.17) is 4.74 Å². The van der Waals surface area contributed by atoms with Gasteiger partial charge in [0, 0.05) is 64.4 Å². The van der Waals surface area contributed by atoms with E-state index in [2.05, 4.69) is 50.8 Å². The Morgan fingerprint density at radius 3 is 2.57 bits per heavy atom. The number of piperazine rings is 1. The normalized spacial score (nSPS) is 29.5. The first-order valence-corrected chi connectivity index (χ1v) is 10.9. The molecule has 0 spiro atoms. The van der Waals surface area contributed by atoms with Crippen LogP contribution in [0.4, 0.5) is 0 Å². The molecule has 0 amide bonds. The van der Waals surface area contributed by atoms with Crippen LogP contribution < -0.4 is 10.6 Å². The van der Waals surface area contributed by atoms with Crippen molar-refractivity contribution in [1.82, 2.24) is 20.4 Å². The predicted octanol–water partition coefficient (Wildman–Crippen LogP) is 1.97. The monoisotopic (exact) mass is 408 g/mol. The highest BCUT2D eigenvalue weighted by molar-refractivity contribution is 5.85. The number of ether oxygens (including phenoxy) is 1. The van der Waals surface area contributed by atoms with Crippen LogP contribution in [0.2, 0.25) is 0 Å². The maximum Gasteiger partial charge on any atom is 0.0623 e. The Balaban J connectivity index is 0.00000225. The molecule has 2 saturated heterocycles. The topological polar surface area (TPSA) is 39.8 Å². The molecule has 4 rings (SSSR count). The van der Waals surface area contributed by atoms with Gasteiger partial charge in [-0.2, -0.15) is 0 Å². The van der Waals surface area contributed by atoms with E-state index in [1.165, 1.54) is 57.5 Å². The molecule has 28 heavy (non-hydrogen) atoms. The summed E-state index contributed by atoms with van der Waals surface area (Å²) < 4.78 is 5.69. The van der Waals surface area contributed by atoms with Crippen LogP contribution in [0.3, 0.4) is 0 Å². The summed E-state index contributed by atoms with van der Waals surface area (Å²) in [4.78, 5) is 5.21. The van der Waals surface area contributed by atoms with Crippen LogP contribution in [0.15, 0.2) is 30.3 Å². The third-order valence-electron chi connectivity index (χ3n) is 6.59. The number of morpholine rings is 1. The lowest BCUT2D eigenvalue weighted by Gasteiger charge is -2.36. The Morgan fingerprint density at radius 1 is 1.04 bits per heavy atom. The average Bonchev–Trinajstić information content (AvgIpc) is 3.19. The quantitative estimate of drug-likeness (QED) is 0.721. The SMILES string of the molecule is Cl.c1ccc(CN2CCN(CCNC3CCCC3C3COCCN3)CC2)cc1. The smallest absolute Gasteiger partial charge is 0.0623 e. The van der Waals surface area contributed by atoms with E-state index < -0.39 is 0 Å². The van der Waals surface area contributed by atoms with Crippen molar-refractivity contribution in [1.29, 1.82) is 0 Å². The zero-order valence-electron chi connectivity index (χ0n) is 17.0. The molecule has 2 N–H and O–H groups in total. The molecule has 0 aromatic heterocycles. The molecule has 3 fully saturated rings. The molecule has 2 aliphatic heterocycles. The first-order chi connectivity index (χ1) is 13.4. The molecule has 6 heteroatoms. The van der Waals surface area contributed by atoms with Crippen molar-refractivity contribution in [3.63, 3.8) is 0 Å². The number of hydrogen-bond donors (Lipinski definition) is 2. The summed E-state index contributed by atoms with van der Waals surface area (Å²) in [6, 6.07) is 12.1. The zero-order valence-corrected chi connectivity index (χ0v) is 17.8. The van der Waals surface area contributed by atoms with Crippen LogP contribution in [-0.2, 0) is 11.3 Å². The molecule has 2 heterocycles. The predicted molar refractivity (Wildman–Crippen MR) is 117 cm³/mol. The van der Waals surface area contributed by atoms with E-state index in [-0.39, 0.29) is 12.4 Å². The molecule has 0 radical (unpaired) electrons. The van der Waals surface area contributed by atoms with Crippen molar-refractivity contribution in [2.45, 2.75) is 37.9 Å². The van der Waals surface area contributed by atoms with Crippen molar-refractivity contribution in [2.24, 2.45) is 5.92 Å². The van der Waals surface area contributed by atoms with Crippen molar-refractivity contribution < 1.29 is 4.74 Å². The lowest BCUT2D eigenvalue weighted by atomic mass is 9.94. The maximum absolute atomic E-state index is 5.69. The third-order valence-corrected chi connectivity index (χ3v) is 6.59. The van der Waals surface area contributed by atoms with Crippen LogP contribution >= 0.6 is 12.4 Å². The summed E-state index contributed by atoms with van der Waals surface area (Å²) in [5.74, 6) is 0.744. The van der Waals surface area contributed by atoms with Gasteiger partial charge in [-0.25, -0.2) is 0 Å². The molecular formula is C22H37ClN4O. The van der Waals surface area contributed by atoms with Crippen LogP contribution in [-0.4, -0.2) is 80.9 Å². The number of nitrogens with zero attached hydrogens (tertiary/aromatic N) is 2. The summed E-state index contributed by atoms with van der Waals surface area (Å²) in [5, 5.41) is 7.55. The van der Waals surface area contributed by atoms with Gasteiger partial charge >= 0.3 is 0 Å². The standard InChI is InChI=1S/C22H36N4O.ClH/c1-2-5-19(6-3-1)17-26-14-12-25(13-15-26)11-9-23-21-8-4-7-20(21)22-18-27-16-10-24-22;/h1-3,5-6,20-24H,4,7-18H2;1H. The van der Waals surface area contributed by atoms with Gasteiger partial charge in [0.25, 0.3) is 0 Å². The Bertz CT molecular complexity index is 547. The number of hydrogen-bond acceptors (Lipinski definition) is 5. The Hall–Kier alpha value is -0.690. The molecule has 1 aromatic rings. The molecule has 3 atom stereocenters. The average molecular weight is 409 g/mol. The minimum atomic E-state index is 0. The van der Waals surface area contributed by atoms with Crippen molar-refractivity contribution >= 4 is 12.4 Å². The van der Waals surface area contributed by atoms with E-state index in [0.717, 1.165) is 38.8 Å². The Kier molecular flexibility index (Phi) is 9.03. The fraction of sp³-hybridized carbons (Fsp3) is 0.727. The minimum absolute atomic E-state index is 0. The number of rotatable bonds is 7. The van der Waals surface area contributed by atoms with Crippen LogP contribution in [0.1, 0.15) is 24.8 Å². The highest BCUT2D eigenvalue weighted by atomic mass is 35.5. The highest BCUT2D eigenvalue weighted by Crippen LogP contribution is 2.29. The van der Waals surface area contributed by atoms with E-state index >= 15 is 0 Å². The molecule has 0 bridgehead atoms. The van der Waals surface area contributed by atoms with E-state index in [9.17, 15) is 0 Å². The van der Waals surface area contributed by atoms with Crippen molar-refractivity contribution in [2.75, 3.05) is 59.0 Å². The van der Waals surface area contributed by atoms with Gasteiger partial charge in [-0.1, -0.05) is 36.8 Å². The summed E-state index contributed by atoms with van der Waals surface area (Å²) >= 11 is 0. The second-order valence-electron chi connectivity index (χ2n) is 8.39. The number of halogens is 1. The summed E-state index contributed by atoms with van der Waals surface area (Å²) in [6.07, 6.45) is 4.03. The lowest BCUT2D eigenvalue weighted by molar-refractivity contribution is 0.0521. The third kappa shape index (κ3) is 6.15. The largest absolute Gasteiger partial charge is 0.379 e. The molecule has 3 aliphatic rings. The molecule has 158 valence electrons. The minimum Gasteiger partial charge on any atom is -0.379 e. The van der Waals surface area contributed by atoms with E-state index in [1.807, 2.05) is 0 Å². The fourth-order valence-corrected chi connectivity index (χ4v) is 5.01. The number of nitrogens with one attached hydrogen (secondary N) is 2. The van der Waals surface area contributed by atoms with E-state index in [0.29, 0.717) is 12.1 Å². The van der Waals surface area contributed by atoms with Crippen molar-refractivity contribution in [3.8, 4) is 0 Å². The lowest BCUT2D eigenvalue weighted by Crippen LogP contribution is -2.52. The fourth-order valence-electron chi connectivity index (χ4n) is 5.01. The van der Waals surface area contributed by atoms with Gasteiger partial charge in [-0.05, 0) is 24.3 Å². The van der Waals surface area contributed by atoms with Crippen LogP contribution in [0.5, 0.6) is 0 Å². The maximum atomic E-state index is 5.69. The highest BCUT2D eigenvalue weighted by Gasteiger charge is 2.34. The van der Waals surface area contributed by atoms with Gasteiger partial charge in [0.05, 0.1) is 13.2 Å². The molecule has 1 aliphatic carbocycles. The van der Waals surface area contributed by atoms with Gasteiger partial charge in [0.1, 0.15) is 0 Å². The van der Waals surface area contributed by atoms with E-state index in [1.54, 1.807) is 0 Å². The van der Waals surface area contributed by atoms with Crippen LogP contribution in [0.25, 0.3) is 0 Å². The number of benzene rings is 1. The molecule has 1 saturated carbocycles. The van der Waals surface area contributed by atoms with Gasteiger partial charge in [0.15, 0.2) is 0 Å². The molecule has 3 unspecified atom stereocenters. The first kappa shape index (κ1) is 22.0. The second-order valence-corrected chi connectivity index (χ2v) is 8.39. The van der Waals surface area contributed by atoms with Gasteiger partial charge in [-0.3, -0.25) is 9.80 Å². The summed E-state index contributed by atoms with van der Waals surface area (Å²) in [7, 11) is 0. The zero-order chi connectivity index (χ0) is 18.3. The van der Waals surface area contributed by atoms with Gasteiger partial charge in [0.2, 0.25) is 0 Å².